The Balaban J connectivity index is 2.39. The molecule has 0 amide bonds. The Bertz CT molecular complexity index is 608. The number of nitrogens with zero attached hydrogens (tertiary/aromatic N) is 1. The molecular formula is C18H21NO2. The van der Waals surface area contributed by atoms with E-state index in [0.29, 0.717) is 5.56 Å². The first-order chi connectivity index (χ1) is 10.1. The molecule has 0 spiro atoms. The number of aryl methyl sites for hydroxylation is 1. The highest BCUT2D eigenvalue weighted by Gasteiger charge is 2.13. The molecule has 0 bridgehead atoms. The van der Waals surface area contributed by atoms with Gasteiger partial charge in [0, 0.05) is 17.9 Å². The predicted octanol–water partition coefficient (Wildman–Crippen LogP) is 4.63. The molecule has 110 valence electrons. The average Bonchev–Trinajstić information content (AvgIpc) is 2.50. The summed E-state index contributed by atoms with van der Waals surface area (Å²) in [5.41, 5.74) is 3.52. The van der Waals surface area contributed by atoms with E-state index in [1.165, 1.54) is 0 Å². The number of carboxylic acids is 1. The first kappa shape index (κ1) is 15.1. The van der Waals surface area contributed by atoms with Crippen LogP contribution < -0.4 is 4.90 Å². The molecule has 0 aliphatic heterocycles. The van der Waals surface area contributed by atoms with Gasteiger partial charge in [-0.2, -0.15) is 0 Å². The monoisotopic (exact) mass is 283 g/mol. The van der Waals surface area contributed by atoms with Gasteiger partial charge in [0.05, 0.1) is 5.56 Å². The minimum Gasteiger partial charge on any atom is -0.478 e. The van der Waals surface area contributed by atoms with Crippen LogP contribution in [0.5, 0.6) is 0 Å². The zero-order chi connectivity index (χ0) is 15.2. The van der Waals surface area contributed by atoms with Gasteiger partial charge in [0.25, 0.3) is 0 Å². The van der Waals surface area contributed by atoms with Crippen molar-refractivity contribution in [2.45, 2.75) is 26.7 Å². The van der Waals surface area contributed by atoms with Crippen LogP contribution >= 0.6 is 0 Å². The number of hydrogen-bond donors (Lipinski definition) is 1. The summed E-state index contributed by atoms with van der Waals surface area (Å²) in [6.45, 7) is 5.06. The maximum Gasteiger partial charge on any atom is 0.335 e. The Kier molecular flexibility index (Phi) is 4.99. The maximum atomic E-state index is 11.1. The van der Waals surface area contributed by atoms with E-state index in [9.17, 15) is 4.79 Å². The SMILES string of the molecule is CCCCN(c1ccccc1)c1ccc(C(=O)O)cc1C. The average molecular weight is 283 g/mol. The van der Waals surface area contributed by atoms with Crippen molar-refractivity contribution in [2.75, 3.05) is 11.4 Å². The quantitative estimate of drug-likeness (QED) is 0.840. The van der Waals surface area contributed by atoms with E-state index in [2.05, 4.69) is 24.0 Å². The third-order valence-electron chi connectivity index (χ3n) is 3.54. The van der Waals surface area contributed by atoms with E-state index in [0.717, 1.165) is 36.3 Å². The molecule has 0 atom stereocenters. The molecule has 2 aromatic carbocycles. The van der Waals surface area contributed by atoms with Gasteiger partial charge in [-0.1, -0.05) is 31.5 Å². The summed E-state index contributed by atoms with van der Waals surface area (Å²) < 4.78 is 0. The summed E-state index contributed by atoms with van der Waals surface area (Å²) in [6.07, 6.45) is 2.21. The van der Waals surface area contributed by atoms with Crippen molar-refractivity contribution in [3.8, 4) is 0 Å². The Morgan fingerprint density at radius 2 is 1.86 bits per heavy atom. The van der Waals surface area contributed by atoms with Gasteiger partial charge in [-0.05, 0) is 49.2 Å². The van der Waals surface area contributed by atoms with E-state index < -0.39 is 5.97 Å². The minimum absolute atomic E-state index is 0.333. The second-order valence-corrected chi connectivity index (χ2v) is 5.15. The van der Waals surface area contributed by atoms with Crippen molar-refractivity contribution in [3.63, 3.8) is 0 Å². The van der Waals surface area contributed by atoms with Crippen LogP contribution in [0, 0.1) is 6.92 Å². The second kappa shape index (κ2) is 6.93. The highest BCUT2D eigenvalue weighted by atomic mass is 16.4. The predicted molar refractivity (Wildman–Crippen MR) is 86.5 cm³/mol. The van der Waals surface area contributed by atoms with Crippen LogP contribution in [-0.2, 0) is 0 Å². The molecule has 21 heavy (non-hydrogen) atoms. The number of hydrogen-bond acceptors (Lipinski definition) is 2. The Labute approximate surface area is 125 Å². The number of carbonyl (C=O) groups is 1. The molecule has 3 nitrogen and oxygen atoms in total. The Morgan fingerprint density at radius 1 is 1.14 bits per heavy atom. The molecular weight excluding hydrogens is 262 g/mol. The molecule has 0 radical (unpaired) electrons. The van der Waals surface area contributed by atoms with Crippen LogP contribution in [0.1, 0.15) is 35.7 Å². The van der Waals surface area contributed by atoms with Crippen molar-refractivity contribution < 1.29 is 9.90 Å². The number of aromatic carboxylic acids is 1. The van der Waals surface area contributed by atoms with E-state index >= 15 is 0 Å². The molecule has 0 unspecified atom stereocenters. The number of para-hydroxylation sites is 1. The Morgan fingerprint density at radius 3 is 2.43 bits per heavy atom. The van der Waals surface area contributed by atoms with Gasteiger partial charge in [0.15, 0.2) is 0 Å². The molecule has 3 heteroatoms. The van der Waals surface area contributed by atoms with E-state index in [1.54, 1.807) is 12.1 Å². The molecule has 2 aromatic rings. The molecule has 0 aromatic heterocycles. The van der Waals surface area contributed by atoms with Gasteiger partial charge in [0.2, 0.25) is 0 Å². The molecule has 0 heterocycles. The summed E-state index contributed by atoms with van der Waals surface area (Å²) in [5.74, 6) is -0.885. The fourth-order valence-electron chi connectivity index (χ4n) is 2.40. The molecule has 0 saturated carbocycles. The normalized spacial score (nSPS) is 10.4. The number of carboxylic acid groups (broad SMARTS) is 1. The van der Waals surface area contributed by atoms with Crippen LogP contribution in [0.3, 0.4) is 0 Å². The van der Waals surface area contributed by atoms with Crippen LogP contribution in [0.2, 0.25) is 0 Å². The summed E-state index contributed by atoms with van der Waals surface area (Å²) in [7, 11) is 0. The molecule has 0 aliphatic rings. The van der Waals surface area contributed by atoms with Crippen LogP contribution in [0.15, 0.2) is 48.5 Å². The number of rotatable bonds is 6. The van der Waals surface area contributed by atoms with Gasteiger partial charge in [-0.25, -0.2) is 4.79 Å². The van der Waals surface area contributed by atoms with Crippen molar-refractivity contribution in [3.05, 3.63) is 59.7 Å². The highest BCUT2D eigenvalue weighted by molar-refractivity contribution is 5.88. The van der Waals surface area contributed by atoms with E-state index in [4.69, 9.17) is 5.11 Å². The summed E-state index contributed by atoms with van der Waals surface area (Å²) in [4.78, 5) is 13.3. The third kappa shape index (κ3) is 3.63. The van der Waals surface area contributed by atoms with Crippen LogP contribution in [0.4, 0.5) is 11.4 Å². The van der Waals surface area contributed by atoms with Crippen LogP contribution in [-0.4, -0.2) is 17.6 Å². The molecule has 1 N–H and O–H groups in total. The second-order valence-electron chi connectivity index (χ2n) is 5.15. The fraction of sp³-hybridized carbons (Fsp3) is 0.278. The van der Waals surface area contributed by atoms with Gasteiger partial charge in [-0.15, -0.1) is 0 Å². The van der Waals surface area contributed by atoms with Crippen LogP contribution in [0.25, 0.3) is 0 Å². The Hall–Kier alpha value is -2.29. The summed E-state index contributed by atoms with van der Waals surface area (Å²) in [5, 5.41) is 9.08. The third-order valence-corrected chi connectivity index (χ3v) is 3.54. The van der Waals surface area contributed by atoms with Crippen molar-refractivity contribution in [1.82, 2.24) is 0 Å². The number of anilines is 2. The van der Waals surface area contributed by atoms with E-state index in [1.807, 2.05) is 31.2 Å². The standard InChI is InChI=1S/C18H21NO2/c1-3-4-12-19(16-8-6-5-7-9-16)17-11-10-15(18(20)21)13-14(17)2/h5-11,13H,3-4,12H2,1-2H3,(H,20,21). The molecule has 0 fully saturated rings. The largest absolute Gasteiger partial charge is 0.478 e. The zero-order valence-electron chi connectivity index (χ0n) is 12.5. The lowest BCUT2D eigenvalue weighted by atomic mass is 10.1. The number of unbranched alkanes of at least 4 members (excludes halogenated alkanes) is 1. The fourth-order valence-corrected chi connectivity index (χ4v) is 2.40. The molecule has 2 rings (SSSR count). The highest BCUT2D eigenvalue weighted by Crippen LogP contribution is 2.29. The first-order valence-electron chi connectivity index (χ1n) is 7.30. The minimum atomic E-state index is -0.885. The van der Waals surface area contributed by atoms with Gasteiger partial charge in [0.1, 0.15) is 0 Å². The van der Waals surface area contributed by atoms with Crippen molar-refractivity contribution >= 4 is 17.3 Å². The molecule has 0 aliphatic carbocycles. The van der Waals surface area contributed by atoms with Gasteiger partial charge in [-0.3, -0.25) is 0 Å². The first-order valence-corrected chi connectivity index (χ1v) is 7.30. The summed E-state index contributed by atoms with van der Waals surface area (Å²) >= 11 is 0. The lowest BCUT2D eigenvalue weighted by Crippen LogP contribution is -2.19. The zero-order valence-corrected chi connectivity index (χ0v) is 12.5. The smallest absolute Gasteiger partial charge is 0.335 e. The lowest BCUT2D eigenvalue weighted by molar-refractivity contribution is 0.0697. The van der Waals surface area contributed by atoms with Gasteiger partial charge >= 0.3 is 5.97 Å². The van der Waals surface area contributed by atoms with Crippen molar-refractivity contribution in [1.29, 1.82) is 0 Å². The van der Waals surface area contributed by atoms with Gasteiger partial charge < -0.3 is 10.0 Å². The topological polar surface area (TPSA) is 40.5 Å². The summed E-state index contributed by atoms with van der Waals surface area (Å²) in [6, 6.07) is 15.5. The molecule has 0 saturated heterocycles. The lowest BCUT2D eigenvalue weighted by Gasteiger charge is -2.26. The van der Waals surface area contributed by atoms with Crippen molar-refractivity contribution in [2.24, 2.45) is 0 Å². The maximum absolute atomic E-state index is 11.1. The van der Waals surface area contributed by atoms with E-state index in [-0.39, 0.29) is 0 Å². The number of benzene rings is 2.